The Labute approximate surface area is 61.0 Å². The van der Waals surface area contributed by atoms with Gasteiger partial charge in [0.05, 0.1) is 4.87 Å². The molecule has 1 saturated carbocycles. The lowest BCUT2D eigenvalue weighted by Gasteiger charge is -2.08. The van der Waals surface area contributed by atoms with E-state index in [0.29, 0.717) is 0 Å². The normalized spacial score (nSPS) is 25.9. The molecule has 1 rings (SSSR count). The van der Waals surface area contributed by atoms with Crippen molar-refractivity contribution in [2.24, 2.45) is 5.73 Å². The Kier molecular flexibility index (Phi) is 2.59. The van der Waals surface area contributed by atoms with Gasteiger partial charge in [-0.25, -0.2) is 0 Å². The van der Waals surface area contributed by atoms with Crippen LogP contribution in [0, 0.1) is 0 Å². The van der Waals surface area contributed by atoms with Crippen LogP contribution in [0.3, 0.4) is 0 Å². The van der Waals surface area contributed by atoms with Crippen LogP contribution >= 0.6 is 24.0 Å². The number of halogens is 2. The van der Waals surface area contributed by atoms with Gasteiger partial charge in [0.1, 0.15) is 0 Å². The molecule has 8 heavy (non-hydrogen) atoms. The highest BCUT2D eigenvalue weighted by Gasteiger charge is 2.43. The maximum atomic E-state index is 5.85. The molecule has 1 atom stereocenters. The molecule has 0 spiro atoms. The highest BCUT2D eigenvalue weighted by atomic mass is 35.5. The van der Waals surface area contributed by atoms with Gasteiger partial charge in [-0.2, -0.15) is 0 Å². The van der Waals surface area contributed by atoms with E-state index < -0.39 is 0 Å². The van der Waals surface area contributed by atoms with Crippen LogP contribution in [-0.4, -0.2) is 10.9 Å². The first-order valence-electron chi connectivity index (χ1n) is 2.60. The molecule has 2 N–H and O–H groups in total. The Bertz CT molecular complexity index is 78.5. The van der Waals surface area contributed by atoms with Crippen molar-refractivity contribution in [2.75, 3.05) is 0 Å². The zero-order valence-corrected chi connectivity index (χ0v) is 6.43. The van der Waals surface area contributed by atoms with Crippen molar-refractivity contribution in [1.29, 1.82) is 0 Å². The van der Waals surface area contributed by atoms with Gasteiger partial charge in [0.15, 0.2) is 0 Å². The SMILES string of the molecule is CC(N)C1(Cl)CC1.Cl. The highest BCUT2D eigenvalue weighted by molar-refractivity contribution is 6.26. The standard InChI is InChI=1S/C5H10ClN.ClH/c1-4(7)5(6)2-3-5;/h4H,2-3,7H2,1H3;1H. The van der Waals surface area contributed by atoms with Crippen LogP contribution in [0.5, 0.6) is 0 Å². The van der Waals surface area contributed by atoms with Crippen LogP contribution < -0.4 is 5.73 Å². The minimum Gasteiger partial charge on any atom is -0.326 e. The lowest BCUT2D eigenvalue weighted by Crippen LogP contribution is -2.28. The van der Waals surface area contributed by atoms with Crippen molar-refractivity contribution in [3.8, 4) is 0 Å². The molecule has 0 radical (unpaired) electrons. The van der Waals surface area contributed by atoms with E-state index in [-0.39, 0.29) is 23.3 Å². The van der Waals surface area contributed by atoms with Crippen molar-refractivity contribution >= 4 is 24.0 Å². The molecule has 1 aliphatic rings. The van der Waals surface area contributed by atoms with Gasteiger partial charge in [-0.15, -0.1) is 24.0 Å². The molecule has 0 aromatic carbocycles. The van der Waals surface area contributed by atoms with Gasteiger partial charge in [-0.05, 0) is 19.8 Å². The molecule has 0 heterocycles. The monoisotopic (exact) mass is 155 g/mol. The first kappa shape index (κ1) is 8.54. The van der Waals surface area contributed by atoms with Gasteiger partial charge in [0.2, 0.25) is 0 Å². The van der Waals surface area contributed by atoms with Crippen molar-refractivity contribution < 1.29 is 0 Å². The first-order chi connectivity index (χ1) is 3.15. The predicted octanol–water partition coefficient (Wildman–Crippen LogP) is 1.53. The molecular formula is C5H11Cl2N. The molecule has 0 aliphatic heterocycles. The summed E-state index contributed by atoms with van der Waals surface area (Å²) in [5.74, 6) is 0. The minimum atomic E-state index is 0. The molecule has 0 bridgehead atoms. The van der Waals surface area contributed by atoms with Crippen LogP contribution in [0.4, 0.5) is 0 Å². The topological polar surface area (TPSA) is 26.0 Å². The summed E-state index contributed by atoms with van der Waals surface area (Å²) < 4.78 is 0. The van der Waals surface area contributed by atoms with Crippen LogP contribution in [-0.2, 0) is 0 Å². The second kappa shape index (κ2) is 2.42. The molecule has 0 amide bonds. The maximum Gasteiger partial charge on any atom is 0.0595 e. The fourth-order valence-electron chi connectivity index (χ4n) is 0.575. The van der Waals surface area contributed by atoms with Gasteiger partial charge in [-0.1, -0.05) is 0 Å². The summed E-state index contributed by atoms with van der Waals surface area (Å²) >= 11 is 5.85. The summed E-state index contributed by atoms with van der Waals surface area (Å²) in [6, 6.07) is 0.175. The van der Waals surface area contributed by atoms with Crippen LogP contribution in [0.2, 0.25) is 0 Å². The Morgan fingerprint density at radius 2 is 2.00 bits per heavy atom. The lowest BCUT2D eigenvalue weighted by atomic mass is 10.2. The molecule has 3 heteroatoms. The van der Waals surface area contributed by atoms with Crippen molar-refractivity contribution in [1.82, 2.24) is 0 Å². The van der Waals surface area contributed by atoms with Crippen LogP contribution in [0.15, 0.2) is 0 Å². The molecule has 1 aliphatic carbocycles. The van der Waals surface area contributed by atoms with Gasteiger partial charge in [0, 0.05) is 6.04 Å². The van der Waals surface area contributed by atoms with Crippen LogP contribution in [0.1, 0.15) is 19.8 Å². The average Bonchev–Trinajstić information content (AvgIpc) is 2.21. The summed E-state index contributed by atoms with van der Waals surface area (Å²) in [4.78, 5) is 0. The number of hydrogen-bond donors (Lipinski definition) is 1. The summed E-state index contributed by atoms with van der Waals surface area (Å²) in [6.07, 6.45) is 2.21. The van der Waals surface area contributed by atoms with Crippen molar-refractivity contribution in [2.45, 2.75) is 30.7 Å². The van der Waals surface area contributed by atoms with E-state index in [2.05, 4.69) is 0 Å². The van der Waals surface area contributed by atoms with Gasteiger partial charge in [0.25, 0.3) is 0 Å². The zero-order chi connectivity index (χ0) is 5.49. The van der Waals surface area contributed by atoms with Gasteiger partial charge < -0.3 is 5.73 Å². The number of rotatable bonds is 1. The number of alkyl halides is 1. The summed E-state index contributed by atoms with van der Waals surface area (Å²) in [5.41, 5.74) is 5.50. The molecule has 1 unspecified atom stereocenters. The fourth-order valence-corrected chi connectivity index (χ4v) is 0.669. The Morgan fingerprint density at radius 1 is 1.62 bits per heavy atom. The van der Waals surface area contributed by atoms with Crippen molar-refractivity contribution in [3.05, 3.63) is 0 Å². The maximum absolute atomic E-state index is 5.85. The second-order valence-electron chi connectivity index (χ2n) is 2.32. The molecular weight excluding hydrogens is 145 g/mol. The quantitative estimate of drug-likeness (QED) is 0.572. The van der Waals surface area contributed by atoms with E-state index in [0.717, 1.165) is 12.8 Å². The van der Waals surface area contributed by atoms with E-state index >= 15 is 0 Å². The third-order valence-corrected chi connectivity index (χ3v) is 2.27. The molecule has 0 aromatic rings. The zero-order valence-electron chi connectivity index (χ0n) is 4.86. The smallest absolute Gasteiger partial charge is 0.0595 e. The van der Waals surface area contributed by atoms with E-state index in [1.54, 1.807) is 0 Å². The van der Waals surface area contributed by atoms with Crippen LogP contribution in [0.25, 0.3) is 0 Å². The summed E-state index contributed by atoms with van der Waals surface area (Å²) in [5, 5.41) is 0. The third kappa shape index (κ3) is 1.51. The molecule has 0 saturated heterocycles. The largest absolute Gasteiger partial charge is 0.326 e. The van der Waals surface area contributed by atoms with E-state index in [9.17, 15) is 0 Å². The number of hydrogen-bond acceptors (Lipinski definition) is 1. The predicted molar refractivity (Wildman–Crippen MR) is 38.7 cm³/mol. The van der Waals surface area contributed by atoms with E-state index in [4.69, 9.17) is 17.3 Å². The first-order valence-corrected chi connectivity index (χ1v) is 2.97. The summed E-state index contributed by atoms with van der Waals surface area (Å²) in [7, 11) is 0. The number of nitrogens with two attached hydrogens (primary N) is 1. The van der Waals surface area contributed by atoms with Crippen molar-refractivity contribution in [3.63, 3.8) is 0 Å². The van der Waals surface area contributed by atoms with Gasteiger partial charge >= 0.3 is 0 Å². The molecule has 1 fully saturated rings. The summed E-state index contributed by atoms with van der Waals surface area (Å²) in [6.45, 7) is 1.96. The Morgan fingerprint density at radius 3 is 2.00 bits per heavy atom. The Balaban J connectivity index is 0.000000490. The fraction of sp³-hybridized carbons (Fsp3) is 1.00. The minimum absolute atomic E-state index is 0. The van der Waals surface area contributed by atoms with E-state index in [1.165, 1.54) is 0 Å². The third-order valence-electron chi connectivity index (χ3n) is 1.54. The Hall–Kier alpha value is 0.540. The van der Waals surface area contributed by atoms with Gasteiger partial charge in [-0.3, -0.25) is 0 Å². The second-order valence-corrected chi connectivity index (χ2v) is 3.08. The average molecular weight is 156 g/mol. The lowest BCUT2D eigenvalue weighted by molar-refractivity contribution is 0.681. The molecule has 50 valence electrons. The molecule has 1 nitrogen and oxygen atoms in total. The van der Waals surface area contributed by atoms with E-state index in [1.807, 2.05) is 6.92 Å². The highest BCUT2D eigenvalue weighted by Crippen LogP contribution is 2.44. The molecule has 0 aromatic heterocycles.